The second kappa shape index (κ2) is 5.92. The van der Waals surface area contributed by atoms with Crippen molar-refractivity contribution in [3.05, 3.63) is 41.6 Å². The molecule has 126 valence electrons. The monoisotopic (exact) mass is 311 g/mol. The molecule has 0 unspecified atom stereocenters. The Morgan fingerprint density at radius 2 is 1.57 bits per heavy atom. The topological polar surface area (TPSA) is 12.9 Å². The summed E-state index contributed by atoms with van der Waals surface area (Å²) in [5.74, 6) is 0. The molecule has 23 heavy (non-hydrogen) atoms. The number of pyridine rings is 1. The van der Waals surface area contributed by atoms with E-state index in [0.717, 1.165) is 5.52 Å². The summed E-state index contributed by atoms with van der Waals surface area (Å²) < 4.78 is 0. The van der Waals surface area contributed by atoms with Crippen molar-refractivity contribution in [3.8, 4) is 0 Å². The molecule has 2 rings (SSSR count). The highest BCUT2D eigenvalue weighted by Gasteiger charge is 2.50. The second-order valence-corrected chi connectivity index (χ2v) is 8.85. The van der Waals surface area contributed by atoms with Crippen molar-refractivity contribution in [2.75, 3.05) is 0 Å². The van der Waals surface area contributed by atoms with E-state index >= 15 is 0 Å². The van der Waals surface area contributed by atoms with E-state index in [1.807, 2.05) is 0 Å². The van der Waals surface area contributed by atoms with E-state index in [1.54, 1.807) is 0 Å². The SMILES string of the molecule is CCCC(C)(C)[C@@](C)(c1cc(C)c2ccccc2n1)C(C)(C)C. The first-order valence-corrected chi connectivity index (χ1v) is 8.91. The molecule has 1 aromatic carbocycles. The quantitative estimate of drug-likeness (QED) is 0.614. The van der Waals surface area contributed by atoms with Crippen LogP contribution >= 0.6 is 0 Å². The molecule has 1 atom stereocenters. The first-order valence-electron chi connectivity index (χ1n) is 8.91. The van der Waals surface area contributed by atoms with E-state index in [-0.39, 0.29) is 16.2 Å². The van der Waals surface area contributed by atoms with Gasteiger partial charge in [-0.25, -0.2) is 0 Å². The molecule has 1 aromatic heterocycles. The van der Waals surface area contributed by atoms with Crippen LogP contribution in [-0.2, 0) is 5.41 Å². The van der Waals surface area contributed by atoms with Gasteiger partial charge in [-0.2, -0.15) is 0 Å². The Bertz CT molecular complexity index is 691. The lowest BCUT2D eigenvalue weighted by Crippen LogP contribution is -2.49. The van der Waals surface area contributed by atoms with Crippen molar-refractivity contribution in [2.24, 2.45) is 10.8 Å². The first-order chi connectivity index (χ1) is 10.5. The largest absolute Gasteiger partial charge is 0.252 e. The van der Waals surface area contributed by atoms with E-state index in [1.165, 1.54) is 29.5 Å². The molecule has 1 heterocycles. The third kappa shape index (κ3) is 2.91. The van der Waals surface area contributed by atoms with Crippen molar-refractivity contribution in [2.45, 2.75) is 73.6 Å². The smallest absolute Gasteiger partial charge is 0.0708 e. The summed E-state index contributed by atoms with van der Waals surface area (Å²) in [5, 5.41) is 1.26. The summed E-state index contributed by atoms with van der Waals surface area (Å²) >= 11 is 0. The number of aryl methyl sites for hydroxylation is 1. The van der Waals surface area contributed by atoms with Gasteiger partial charge in [0.1, 0.15) is 0 Å². The van der Waals surface area contributed by atoms with Gasteiger partial charge >= 0.3 is 0 Å². The minimum atomic E-state index is 0.00476. The van der Waals surface area contributed by atoms with Gasteiger partial charge in [-0.1, -0.05) is 73.1 Å². The fourth-order valence-corrected chi connectivity index (χ4v) is 4.23. The number of fused-ring (bicyclic) bond motifs is 1. The maximum Gasteiger partial charge on any atom is 0.0708 e. The molecule has 0 aliphatic carbocycles. The Kier molecular flexibility index (Phi) is 4.63. The fraction of sp³-hybridized carbons (Fsp3) is 0.591. The van der Waals surface area contributed by atoms with Crippen LogP contribution < -0.4 is 0 Å². The van der Waals surface area contributed by atoms with E-state index in [0.29, 0.717) is 0 Å². The fourth-order valence-electron chi connectivity index (χ4n) is 4.23. The number of nitrogens with zero attached hydrogens (tertiary/aromatic N) is 1. The summed E-state index contributed by atoms with van der Waals surface area (Å²) in [4.78, 5) is 5.12. The van der Waals surface area contributed by atoms with Gasteiger partial charge in [-0.15, -0.1) is 0 Å². The molecule has 1 nitrogen and oxygen atoms in total. The maximum atomic E-state index is 5.12. The Labute approximate surface area is 142 Å². The molecular formula is C22H33N. The molecule has 0 radical (unpaired) electrons. The normalized spacial score (nSPS) is 15.7. The van der Waals surface area contributed by atoms with Crippen LogP contribution in [-0.4, -0.2) is 4.98 Å². The molecule has 0 N–H and O–H groups in total. The van der Waals surface area contributed by atoms with Crippen molar-refractivity contribution in [3.63, 3.8) is 0 Å². The molecule has 0 bridgehead atoms. The molecule has 2 aromatic rings. The third-order valence-electron chi connectivity index (χ3n) is 6.16. The highest BCUT2D eigenvalue weighted by Crippen LogP contribution is 2.54. The van der Waals surface area contributed by atoms with E-state index in [2.05, 4.69) is 85.7 Å². The van der Waals surface area contributed by atoms with Crippen LogP contribution in [0.2, 0.25) is 0 Å². The predicted octanol–water partition coefficient (Wildman–Crippen LogP) is 6.67. The predicted molar refractivity (Wildman–Crippen MR) is 102 cm³/mol. The van der Waals surface area contributed by atoms with Crippen molar-refractivity contribution >= 4 is 10.9 Å². The molecular weight excluding hydrogens is 278 g/mol. The first kappa shape index (κ1) is 18.0. The summed E-state index contributed by atoms with van der Waals surface area (Å²) in [7, 11) is 0. The van der Waals surface area contributed by atoms with Gasteiger partial charge in [0, 0.05) is 16.5 Å². The number of para-hydroxylation sites is 1. The standard InChI is InChI=1S/C22H33N/c1-9-14-21(6,7)22(8,20(3,4)5)19-15-16(2)17-12-10-11-13-18(17)23-19/h10-13,15H,9,14H2,1-8H3/t22-/m0/s1. The Morgan fingerprint density at radius 1 is 0.957 bits per heavy atom. The molecule has 0 aliphatic rings. The van der Waals surface area contributed by atoms with E-state index in [9.17, 15) is 0 Å². The molecule has 0 fully saturated rings. The number of hydrogen-bond acceptors (Lipinski definition) is 1. The molecule has 0 saturated heterocycles. The number of rotatable bonds is 4. The summed E-state index contributed by atoms with van der Waals surface area (Å²) in [6, 6.07) is 10.8. The van der Waals surface area contributed by atoms with Crippen LogP contribution in [0, 0.1) is 17.8 Å². The van der Waals surface area contributed by atoms with Gasteiger partial charge in [0.15, 0.2) is 0 Å². The maximum absolute atomic E-state index is 5.12. The zero-order valence-corrected chi connectivity index (χ0v) is 16.2. The lowest BCUT2D eigenvalue weighted by atomic mass is 9.51. The lowest BCUT2D eigenvalue weighted by Gasteiger charge is -2.53. The zero-order chi connectivity index (χ0) is 17.5. The number of aromatic nitrogens is 1. The van der Waals surface area contributed by atoms with Gasteiger partial charge < -0.3 is 0 Å². The third-order valence-corrected chi connectivity index (χ3v) is 6.16. The van der Waals surface area contributed by atoms with Crippen LogP contribution in [0.1, 0.15) is 72.6 Å². The lowest BCUT2D eigenvalue weighted by molar-refractivity contribution is 0.0432. The summed E-state index contributed by atoms with van der Waals surface area (Å²) in [6.45, 7) is 18.8. The minimum absolute atomic E-state index is 0.00476. The van der Waals surface area contributed by atoms with Crippen LogP contribution in [0.4, 0.5) is 0 Å². The van der Waals surface area contributed by atoms with Crippen LogP contribution in [0.15, 0.2) is 30.3 Å². The Morgan fingerprint density at radius 3 is 2.13 bits per heavy atom. The van der Waals surface area contributed by atoms with Crippen molar-refractivity contribution in [1.82, 2.24) is 4.98 Å². The molecule has 0 amide bonds. The van der Waals surface area contributed by atoms with Gasteiger partial charge in [0.05, 0.1) is 5.52 Å². The van der Waals surface area contributed by atoms with Crippen molar-refractivity contribution in [1.29, 1.82) is 0 Å². The number of hydrogen-bond donors (Lipinski definition) is 0. The van der Waals surface area contributed by atoms with Gasteiger partial charge in [-0.3, -0.25) is 4.98 Å². The molecule has 1 heteroatoms. The highest BCUT2D eigenvalue weighted by molar-refractivity contribution is 5.82. The number of benzene rings is 1. The highest BCUT2D eigenvalue weighted by atomic mass is 14.8. The van der Waals surface area contributed by atoms with Crippen LogP contribution in [0.5, 0.6) is 0 Å². The van der Waals surface area contributed by atoms with Gasteiger partial charge in [0.25, 0.3) is 0 Å². The summed E-state index contributed by atoms with van der Waals surface area (Å²) in [6.07, 6.45) is 2.40. The van der Waals surface area contributed by atoms with E-state index < -0.39 is 0 Å². The Hall–Kier alpha value is -1.37. The van der Waals surface area contributed by atoms with Crippen LogP contribution in [0.25, 0.3) is 10.9 Å². The molecule has 0 saturated carbocycles. The average molecular weight is 312 g/mol. The van der Waals surface area contributed by atoms with Gasteiger partial charge in [0.2, 0.25) is 0 Å². The minimum Gasteiger partial charge on any atom is -0.252 e. The summed E-state index contributed by atoms with van der Waals surface area (Å²) in [5.41, 5.74) is 4.00. The average Bonchev–Trinajstić information content (AvgIpc) is 2.45. The second-order valence-electron chi connectivity index (χ2n) is 8.85. The molecule has 0 spiro atoms. The zero-order valence-electron chi connectivity index (χ0n) is 16.2. The van der Waals surface area contributed by atoms with Crippen molar-refractivity contribution < 1.29 is 0 Å². The van der Waals surface area contributed by atoms with Crippen LogP contribution in [0.3, 0.4) is 0 Å². The Balaban J connectivity index is 2.75. The molecule has 0 aliphatic heterocycles. The van der Waals surface area contributed by atoms with E-state index in [4.69, 9.17) is 4.98 Å². The van der Waals surface area contributed by atoms with Gasteiger partial charge in [-0.05, 0) is 41.9 Å².